The molecule has 0 unspecified atom stereocenters. The van der Waals surface area contributed by atoms with Crippen LogP contribution in [0.5, 0.6) is 0 Å². The highest BCUT2D eigenvalue weighted by Gasteiger charge is 2.29. The van der Waals surface area contributed by atoms with Crippen LogP contribution in [0.1, 0.15) is 22.8 Å². The molecular weight excluding hydrogens is 386 g/mol. The first kappa shape index (κ1) is 13.5. The summed E-state index contributed by atoms with van der Waals surface area (Å²) in [5, 5.41) is 2.79. The third-order valence-corrected chi connectivity index (χ3v) is 4.11. The number of anilines is 1. The third-order valence-electron chi connectivity index (χ3n) is 3.15. The first-order chi connectivity index (χ1) is 9.47. The quantitative estimate of drug-likeness (QED) is 0.665. The zero-order chi connectivity index (χ0) is 14.4. The fourth-order valence-corrected chi connectivity index (χ4v) is 3.25. The molecule has 1 aliphatic carbocycles. The Balaban J connectivity index is 2.30. The molecule has 0 saturated carbocycles. The number of hydrogen-bond donors (Lipinski definition) is 1. The highest BCUT2D eigenvalue weighted by molar-refractivity contribution is 9.10. The van der Waals surface area contributed by atoms with Crippen LogP contribution in [0.25, 0.3) is 11.1 Å². The lowest BCUT2D eigenvalue weighted by molar-refractivity contribution is -0.114. The van der Waals surface area contributed by atoms with Crippen molar-refractivity contribution >= 4 is 49.2 Å². The standard InChI is InChI=1S/C15H9Br2NO2/c1-7(19)18-13-6-9(17)5-12-14(13)10-3-2-8(16)4-11(10)15(12)20/h2-6H,1H3,(H,18,19). The molecule has 0 aliphatic heterocycles. The van der Waals surface area contributed by atoms with E-state index in [-0.39, 0.29) is 11.7 Å². The van der Waals surface area contributed by atoms with Gasteiger partial charge < -0.3 is 5.32 Å². The number of hydrogen-bond acceptors (Lipinski definition) is 2. The second kappa shape index (κ2) is 4.82. The normalized spacial score (nSPS) is 12.1. The smallest absolute Gasteiger partial charge is 0.221 e. The monoisotopic (exact) mass is 393 g/mol. The van der Waals surface area contributed by atoms with Crippen LogP contribution in [0.15, 0.2) is 39.3 Å². The summed E-state index contributed by atoms with van der Waals surface area (Å²) in [7, 11) is 0. The van der Waals surface area contributed by atoms with E-state index in [1.807, 2.05) is 24.3 Å². The molecular formula is C15H9Br2NO2. The Morgan fingerprint density at radius 2 is 1.70 bits per heavy atom. The number of ketones is 1. The summed E-state index contributed by atoms with van der Waals surface area (Å²) in [6.45, 7) is 1.45. The number of fused-ring (bicyclic) bond motifs is 3. The molecule has 0 radical (unpaired) electrons. The van der Waals surface area contributed by atoms with Gasteiger partial charge in [0.05, 0.1) is 5.69 Å². The summed E-state index contributed by atoms with van der Waals surface area (Å²) in [6, 6.07) is 9.19. The van der Waals surface area contributed by atoms with Crippen molar-refractivity contribution in [3.05, 3.63) is 50.4 Å². The van der Waals surface area contributed by atoms with Gasteiger partial charge in [0.25, 0.3) is 0 Å². The van der Waals surface area contributed by atoms with Crippen molar-refractivity contribution in [2.75, 3.05) is 5.32 Å². The van der Waals surface area contributed by atoms with Gasteiger partial charge in [0.15, 0.2) is 5.78 Å². The van der Waals surface area contributed by atoms with Gasteiger partial charge in [0.1, 0.15) is 0 Å². The van der Waals surface area contributed by atoms with Gasteiger partial charge in [0, 0.05) is 32.6 Å². The van der Waals surface area contributed by atoms with Gasteiger partial charge in [-0.2, -0.15) is 0 Å². The van der Waals surface area contributed by atoms with E-state index in [0.717, 1.165) is 20.1 Å². The summed E-state index contributed by atoms with van der Waals surface area (Å²) in [4.78, 5) is 23.8. The molecule has 3 rings (SSSR count). The van der Waals surface area contributed by atoms with Crippen LogP contribution in [-0.4, -0.2) is 11.7 Å². The van der Waals surface area contributed by atoms with E-state index >= 15 is 0 Å². The minimum Gasteiger partial charge on any atom is -0.326 e. The molecule has 1 amide bonds. The Morgan fingerprint density at radius 3 is 2.40 bits per heavy atom. The molecule has 1 aliphatic rings. The molecule has 2 aromatic carbocycles. The second-order valence-corrected chi connectivity index (χ2v) is 6.41. The fraction of sp³-hybridized carbons (Fsp3) is 0.0667. The van der Waals surface area contributed by atoms with E-state index < -0.39 is 0 Å². The maximum absolute atomic E-state index is 12.5. The van der Waals surface area contributed by atoms with Crippen molar-refractivity contribution in [3.63, 3.8) is 0 Å². The zero-order valence-electron chi connectivity index (χ0n) is 10.5. The number of rotatable bonds is 1. The van der Waals surface area contributed by atoms with Crippen molar-refractivity contribution < 1.29 is 9.59 Å². The summed E-state index contributed by atoms with van der Waals surface area (Å²) in [5.74, 6) is -0.187. The Kier molecular flexibility index (Phi) is 3.26. The molecule has 3 nitrogen and oxygen atoms in total. The summed E-state index contributed by atoms with van der Waals surface area (Å²) in [6.07, 6.45) is 0. The molecule has 2 aromatic rings. The molecule has 100 valence electrons. The van der Waals surface area contributed by atoms with Crippen molar-refractivity contribution in [1.82, 2.24) is 0 Å². The Bertz CT molecular complexity index is 769. The summed E-state index contributed by atoms with van der Waals surface area (Å²) < 4.78 is 1.62. The molecule has 0 saturated heterocycles. The number of halogens is 2. The van der Waals surface area contributed by atoms with E-state index in [2.05, 4.69) is 37.2 Å². The van der Waals surface area contributed by atoms with Gasteiger partial charge >= 0.3 is 0 Å². The predicted octanol–water partition coefficient (Wildman–Crippen LogP) is 4.38. The van der Waals surface area contributed by atoms with Gasteiger partial charge in [-0.15, -0.1) is 0 Å². The number of amides is 1. The van der Waals surface area contributed by atoms with Gasteiger partial charge in [-0.1, -0.05) is 37.9 Å². The third kappa shape index (κ3) is 2.11. The molecule has 0 atom stereocenters. The lowest BCUT2D eigenvalue weighted by Crippen LogP contribution is -2.07. The highest BCUT2D eigenvalue weighted by atomic mass is 79.9. The largest absolute Gasteiger partial charge is 0.326 e. The van der Waals surface area contributed by atoms with Gasteiger partial charge in [0.2, 0.25) is 5.91 Å². The lowest BCUT2D eigenvalue weighted by Gasteiger charge is -2.10. The first-order valence-electron chi connectivity index (χ1n) is 5.93. The number of carbonyl (C=O) groups excluding carboxylic acids is 2. The molecule has 0 heterocycles. The minimum absolute atomic E-state index is 0.0239. The van der Waals surface area contributed by atoms with Crippen LogP contribution in [-0.2, 0) is 4.79 Å². The Labute approximate surface area is 132 Å². The second-order valence-electron chi connectivity index (χ2n) is 4.58. The van der Waals surface area contributed by atoms with E-state index in [1.54, 1.807) is 6.07 Å². The molecule has 5 heteroatoms. The first-order valence-corrected chi connectivity index (χ1v) is 7.51. The van der Waals surface area contributed by atoms with Crippen LogP contribution in [0.3, 0.4) is 0 Å². The molecule has 0 fully saturated rings. The van der Waals surface area contributed by atoms with Gasteiger partial charge in [-0.3, -0.25) is 9.59 Å². The maximum atomic E-state index is 12.5. The Hall–Kier alpha value is -1.46. The van der Waals surface area contributed by atoms with Crippen LogP contribution >= 0.6 is 31.9 Å². The zero-order valence-corrected chi connectivity index (χ0v) is 13.6. The van der Waals surface area contributed by atoms with Crippen molar-refractivity contribution in [3.8, 4) is 11.1 Å². The van der Waals surface area contributed by atoms with Gasteiger partial charge in [-0.05, 0) is 29.8 Å². The number of nitrogens with one attached hydrogen (secondary N) is 1. The molecule has 0 aromatic heterocycles. The van der Waals surface area contributed by atoms with Gasteiger partial charge in [-0.25, -0.2) is 0 Å². The van der Waals surface area contributed by atoms with Crippen molar-refractivity contribution in [2.24, 2.45) is 0 Å². The van der Waals surface area contributed by atoms with Crippen LogP contribution in [0.4, 0.5) is 5.69 Å². The van der Waals surface area contributed by atoms with Crippen molar-refractivity contribution in [2.45, 2.75) is 6.92 Å². The van der Waals surface area contributed by atoms with E-state index in [4.69, 9.17) is 0 Å². The van der Waals surface area contributed by atoms with Crippen molar-refractivity contribution in [1.29, 1.82) is 0 Å². The Morgan fingerprint density at radius 1 is 1.00 bits per heavy atom. The average Bonchev–Trinajstić information content (AvgIpc) is 2.62. The lowest BCUT2D eigenvalue weighted by atomic mass is 10.0. The van der Waals surface area contributed by atoms with E-state index in [0.29, 0.717) is 16.8 Å². The van der Waals surface area contributed by atoms with Crippen LogP contribution in [0, 0.1) is 0 Å². The summed E-state index contributed by atoms with van der Waals surface area (Å²) >= 11 is 6.76. The minimum atomic E-state index is -0.164. The molecule has 20 heavy (non-hydrogen) atoms. The van der Waals surface area contributed by atoms with Crippen LogP contribution in [0.2, 0.25) is 0 Å². The molecule has 0 bridgehead atoms. The molecule has 1 N–H and O–H groups in total. The molecule has 0 spiro atoms. The highest BCUT2D eigenvalue weighted by Crippen LogP contribution is 2.43. The predicted molar refractivity (Wildman–Crippen MR) is 85.0 cm³/mol. The summed E-state index contributed by atoms with van der Waals surface area (Å²) in [5.41, 5.74) is 3.55. The van der Waals surface area contributed by atoms with E-state index in [9.17, 15) is 9.59 Å². The number of carbonyl (C=O) groups is 2. The SMILES string of the molecule is CC(=O)Nc1cc(Br)cc2c1-c1ccc(Br)cc1C2=O. The topological polar surface area (TPSA) is 46.2 Å². The fourth-order valence-electron chi connectivity index (χ4n) is 2.43. The number of benzene rings is 2. The van der Waals surface area contributed by atoms with E-state index in [1.165, 1.54) is 6.92 Å². The maximum Gasteiger partial charge on any atom is 0.221 e. The average molecular weight is 395 g/mol. The van der Waals surface area contributed by atoms with Crippen LogP contribution < -0.4 is 5.32 Å².